The van der Waals surface area contributed by atoms with Gasteiger partial charge in [-0.2, -0.15) is 0 Å². The molecule has 0 saturated carbocycles. The van der Waals surface area contributed by atoms with Crippen LogP contribution in [0.25, 0.3) is 0 Å². The number of nitrogens with zero attached hydrogens (tertiary/aromatic N) is 1. The van der Waals surface area contributed by atoms with Crippen molar-refractivity contribution in [1.29, 1.82) is 0 Å². The van der Waals surface area contributed by atoms with Gasteiger partial charge in [-0.1, -0.05) is 20.3 Å². The molecule has 110 valence electrons. The molecule has 0 aromatic carbocycles. The molecular formula is C16H30N2O. The lowest BCUT2D eigenvalue weighted by molar-refractivity contribution is -0.132. The third-order valence-corrected chi connectivity index (χ3v) is 5.10. The first-order valence-electron chi connectivity index (χ1n) is 8.22. The van der Waals surface area contributed by atoms with E-state index in [1.807, 2.05) is 0 Å². The van der Waals surface area contributed by atoms with Crippen LogP contribution in [0, 0.1) is 11.8 Å². The summed E-state index contributed by atoms with van der Waals surface area (Å²) in [6, 6.07) is 0.409. The summed E-state index contributed by atoms with van der Waals surface area (Å²) in [5.74, 6) is 1.86. The van der Waals surface area contributed by atoms with Crippen molar-refractivity contribution >= 4 is 5.91 Å². The first-order chi connectivity index (χ1) is 9.20. The van der Waals surface area contributed by atoms with Crippen LogP contribution in [0.2, 0.25) is 0 Å². The van der Waals surface area contributed by atoms with Crippen LogP contribution in [0.3, 0.4) is 0 Å². The largest absolute Gasteiger partial charge is 0.343 e. The molecule has 2 aliphatic rings. The number of carbonyl (C=O) groups excluding carboxylic acids is 1. The van der Waals surface area contributed by atoms with Crippen molar-refractivity contribution in [1.82, 2.24) is 10.2 Å². The lowest BCUT2D eigenvalue weighted by Gasteiger charge is -2.31. The number of rotatable bonds is 3. The van der Waals surface area contributed by atoms with Gasteiger partial charge in [0.05, 0.1) is 0 Å². The van der Waals surface area contributed by atoms with E-state index in [0.717, 1.165) is 25.6 Å². The molecule has 2 rings (SSSR count). The number of carbonyl (C=O) groups is 1. The Labute approximate surface area is 118 Å². The van der Waals surface area contributed by atoms with Crippen LogP contribution in [0.1, 0.15) is 58.8 Å². The molecule has 0 aromatic rings. The predicted molar refractivity (Wildman–Crippen MR) is 79.0 cm³/mol. The normalized spacial score (nSPS) is 32.9. The number of hydrogen-bond acceptors (Lipinski definition) is 2. The monoisotopic (exact) mass is 266 g/mol. The summed E-state index contributed by atoms with van der Waals surface area (Å²) < 4.78 is 0. The van der Waals surface area contributed by atoms with E-state index >= 15 is 0 Å². The highest BCUT2D eigenvalue weighted by Crippen LogP contribution is 2.22. The summed E-state index contributed by atoms with van der Waals surface area (Å²) in [7, 11) is 0. The molecule has 0 aromatic heterocycles. The van der Waals surface area contributed by atoms with Crippen molar-refractivity contribution in [3.8, 4) is 0 Å². The van der Waals surface area contributed by atoms with Crippen molar-refractivity contribution in [3.05, 3.63) is 0 Å². The molecule has 1 N–H and O–H groups in total. The fourth-order valence-electron chi connectivity index (χ4n) is 3.53. The van der Waals surface area contributed by atoms with E-state index in [1.165, 1.54) is 38.5 Å². The molecule has 2 aliphatic heterocycles. The van der Waals surface area contributed by atoms with Gasteiger partial charge in [0.2, 0.25) is 5.91 Å². The molecule has 3 atom stereocenters. The van der Waals surface area contributed by atoms with Crippen molar-refractivity contribution in [2.24, 2.45) is 11.8 Å². The van der Waals surface area contributed by atoms with E-state index in [2.05, 4.69) is 24.1 Å². The number of nitrogens with one attached hydrogen (secondary N) is 1. The van der Waals surface area contributed by atoms with Crippen molar-refractivity contribution < 1.29 is 4.79 Å². The Balaban J connectivity index is 1.82. The molecular weight excluding hydrogens is 236 g/mol. The second-order valence-electron chi connectivity index (χ2n) is 6.47. The first kappa shape index (κ1) is 14.8. The number of hydrogen-bond donors (Lipinski definition) is 1. The minimum atomic E-state index is 0.378. The molecule has 19 heavy (non-hydrogen) atoms. The third kappa shape index (κ3) is 4.20. The van der Waals surface area contributed by atoms with Crippen molar-refractivity contribution in [2.45, 2.75) is 64.8 Å². The minimum absolute atomic E-state index is 0.378. The molecule has 0 radical (unpaired) electrons. The fraction of sp³-hybridized carbons (Fsp3) is 0.938. The fourth-order valence-corrected chi connectivity index (χ4v) is 3.53. The maximum absolute atomic E-state index is 12.4. The van der Waals surface area contributed by atoms with Crippen LogP contribution in [-0.2, 0) is 4.79 Å². The maximum atomic E-state index is 12.4. The summed E-state index contributed by atoms with van der Waals surface area (Å²) in [4.78, 5) is 14.6. The van der Waals surface area contributed by atoms with Crippen molar-refractivity contribution in [3.63, 3.8) is 0 Å². The van der Waals surface area contributed by atoms with Crippen LogP contribution >= 0.6 is 0 Å². The van der Waals surface area contributed by atoms with Gasteiger partial charge >= 0.3 is 0 Å². The quantitative estimate of drug-likeness (QED) is 0.852. The maximum Gasteiger partial charge on any atom is 0.224 e. The Morgan fingerprint density at radius 2 is 2.05 bits per heavy atom. The van der Waals surface area contributed by atoms with E-state index in [1.54, 1.807) is 0 Å². The molecule has 0 bridgehead atoms. The third-order valence-electron chi connectivity index (χ3n) is 5.10. The van der Waals surface area contributed by atoms with Gasteiger partial charge in [-0.15, -0.1) is 0 Å². The molecule has 0 spiro atoms. The van der Waals surface area contributed by atoms with Crippen LogP contribution in [0.4, 0.5) is 0 Å². The Kier molecular flexibility index (Phi) is 5.68. The van der Waals surface area contributed by atoms with E-state index < -0.39 is 0 Å². The van der Waals surface area contributed by atoms with E-state index in [9.17, 15) is 4.79 Å². The highest BCUT2D eigenvalue weighted by molar-refractivity contribution is 5.76. The molecule has 3 heteroatoms. The molecule has 0 aliphatic carbocycles. The SMILES string of the molecule is CCC1CCCN(C(=O)CC2NCCCC2C)CC1. The van der Waals surface area contributed by atoms with Gasteiger partial charge in [-0.25, -0.2) is 0 Å². The molecule has 2 saturated heterocycles. The Morgan fingerprint density at radius 3 is 2.79 bits per heavy atom. The van der Waals surface area contributed by atoms with Crippen LogP contribution in [0.15, 0.2) is 0 Å². The molecule has 3 nitrogen and oxygen atoms in total. The summed E-state index contributed by atoms with van der Waals surface area (Å²) in [5, 5.41) is 3.53. The average molecular weight is 266 g/mol. The molecule has 2 heterocycles. The topological polar surface area (TPSA) is 32.3 Å². The minimum Gasteiger partial charge on any atom is -0.343 e. The van der Waals surface area contributed by atoms with Gasteiger partial charge in [0.25, 0.3) is 0 Å². The highest BCUT2D eigenvalue weighted by Gasteiger charge is 2.26. The van der Waals surface area contributed by atoms with Gasteiger partial charge < -0.3 is 10.2 Å². The lowest BCUT2D eigenvalue weighted by Crippen LogP contribution is -2.44. The zero-order valence-electron chi connectivity index (χ0n) is 12.7. The Bertz CT molecular complexity index is 292. The second-order valence-corrected chi connectivity index (χ2v) is 6.47. The molecule has 3 unspecified atom stereocenters. The molecule has 1 amide bonds. The van der Waals surface area contributed by atoms with E-state index in [0.29, 0.717) is 24.3 Å². The number of likely N-dealkylation sites (tertiary alicyclic amines) is 1. The predicted octanol–water partition coefficient (Wildman–Crippen LogP) is 2.80. The van der Waals surface area contributed by atoms with Gasteiger partial charge in [0.15, 0.2) is 0 Å². The van der Waals surface area contributed by atoms with Crippen LogP contribution in [-0.4, -0.2) is 36.5 Å². The smallest absolute Gasteiger partial charge is 0.224 e. The highest BCUT2D eigenvalue weighted by atomic mass is 16.2. The van der Waals surface area contributed by atoms with E-state index in [-0.39, 0.29) is 0 Å². The molecule has 2 fully saturated rings. The van der Waals surface area contributed by atoms with Gasteiger partial charge in [0, 0.05) is 25.6 Å². The number of piperidine rings is 1. The lowest BCUT2D eigenvalue weighted by atomic mass is 9.90. The van der Waals surface area contributed by atoms with Gasteiger partial charge in [-0.3, -0.25) is 4.79 Å². The summed E-state index contributed by atoms with van der Waals surface area (Å²) >= 11 is 0. The summed E-state index contributed by atoms with van der Waals surface area (Å²) in [5.41, 5.74) is 0. The summed E-state index contributed by atoms with van der Waals surface area (Å²) in [6.45, 7) is 7.60. The zero-order chi connectivity index (χ0) is 13.7. The summed E-state index contributed by atoms with van der Waals surface area (Å²) in [6.07, 6.45) is 8.20. The van der Waals surface area contributed by atoms with E-state index in [4.69, 9.17) is 0 Å². The Hall–Kier alpha value is -0.570. The van der Waals surface area contributed by atoms with Crippen LogP contribution in [0.5, 0.6) is 0 Å². The first-order valence-corrected chi connectivity index (χ1v) is 8.22. The second kappa shape index (κ2) is 7.28. The number of amides is 1. The zero-order valence-corrected chi connectivity index (χ0v) is 12.7. The van der Waals surface area contributed by atoms with Crippen molar-refractivity contribution in [2.75, 3.05) is 19.6 Å². The van der Waals surface area contributed by atoms with Gasteiger partial charge in [0.1, 0.15) is 0 Å². The van der Waals surface area contributed by atoms with Crippen LogP contribution < -0.4 is 5.32 Å². The van der Waals surface area contributed by atoms with Gasteiger partial charge in [-0.05, 0) is 50.5 Å². The average Bonchev–Trinajstić information content (AvgIpc) is 2.66. The Morgan fingerprint density at radius 1 is 1.21 bits per heavy atom. The standard InChI is InChI=1S/C16H30N2O/c1-3-14-7-5-10-18(11-8-14)16(19)12-15-13(2)6-4-9-17-15/h13-15,17H,3-12H2,1-2H3.